The number of benzene rings is 4. The van der Waals surface area contributed by atoms with Crippen molar-refractivity contribution in [3.8, 4) is 28.3 Å². The zero-order valence-electron chi connectivity index (χ0n) is 24.6. The van der Waals surface area contributed by atoms with Gasteiger partial charge in [0.15, 0.2) is 0 Å². The molecule has 0 radical (unpaired) electrons. The molecular formula is C37H35ClFN3O2. The number of nitrogens with one attached hydrogen (secondary N) is 1. The van der Waals surface area contributed by atoms with Crippen molar-refractivity contribution in [3.63, 3.8) is 0 Å². The summed E-state index contributed by atoms with van der Waals surface area (Å²) in [6.45, 7) is 0.169. The van der Waals surface area contributed by atoms with Crippen LogP contribution < -0.4 is 10.1 Å². The van der Waals surface area contributed by atoms with E-state index < -0.39 is 0 Å². The highest BCUT2D eigenvalue weighted by atomic mass is 35.5. The van der Waals surface area contributed by atoms with Gasteiger partial charge in [0.2, 0.25) is 0 Å². The summed E-state index contributed by atoms with van der Waals surface area (Å²) in [5.41, 5.74) is 5.69. The van der Waals surface area contributed by atoms with Crippen molar-refractivity contribution in [3.05, 3.63) is 107 Å². The van der Waals surface area contributed by atoms with Crippen molar-refractivity contribution in [2.45, 2.75) is 70.1 Å². The summed E-state index contributed by atoms with van der Waals surface area (Å²) in [5.74, 6) is 0.617. The molecule has 224 valence electrons. The van der Waals surface area contributed by atoms with Crippen molar-refractivity contribution in [1.29, 1.82) is 0 Å². The van der Waals surface area contributed by atoms with E-state index in [0.717, 1.165) is 59.8 Å². The maximum Gasteiger partial charge on any atom is 0.251 e. The van der Waals surface area contributed by atoms with E-state index in [1.165, 1.54) is 25.3 Å². The Morgan fingerprint density at radius 2 is 1.66 bits per heavy atom. The highest BCUT2D eigenvalue weighted by Gasteiger charge is 2.24. The van der Waals surface area contributed by atoms with Crippen LogP contribution in [0.1, 0.15) is 73.3 Å². The zero-order valence-corrected chi connectivity index (χ0v) is 25.3. The summed E-state index contributed by atoms with van der Waals surface area (Å²) >= 11 is 6.14. The smallest absolute Gasteiger partial charge is 0.251 e. The van der Waals surface area contributed by atoms with Gasteiger partial charge in [0.25, 0.3) is 5.91 Å². The summed E-state index contributed by atoms with van der Waals surface area (Å²) in [6.07, 6.45) is 8.92. The maximum absolute atomic E-state index is 15.9. The molecule has 0 saturated heterocycles. The molecule has 4 aromatic carbocycles. The fourth-order valence-electron chi connectivity index (χ4n) is 6.46. The van der Waals surface area contributed by atoms with Gasteiger partial charge < -0.3 is 14.6 Å². The molecule has 0 atom stereocenters. The highest BCUT2D eigenvalue weighted by molar-refractivity contribution is 6.30. The van der Waals surface area contributed by atoms with Crippen molar-refractivity contribution in [2.24, 2.45) is 0 Å². The van der Waals surface area contributed by atoms with Gasteiger partial charge in [-0.05, 0) is 97.3 Å². The van der Waals surface area contributed by atoms with Crippen LogP contribution in [0.4, 0.5) is 4.39 Å². The van der Waals surface area contributed by atoms with Gasteiger partial charge in [-0.3, -0.25) is 4.79 Å². The topological polar surface area (TPSA) is 56.1 Å². The number of ether oxygens (including phenoxy) is 1. The van der Waals surface area contributed by atoms with Crippen LogP contribution in [-0.2, 0) is 6.61 Å². The van der Waals surface area contributed by atoms with Crippen LogP contribution >= 0.6 is 11.6 Å². The molecule has 2 aliphatic rings. The average molecular weight is 608 g/mol. The first-order valence-corrected chi connectivity index (χ1v) is 16.0. The van der Waals surface area contributed by atoms with Gasteiger partial charge in [0.05, 0.1) is 16.6 Å². The minimum absolute atomic E-state index is 0.0881. The number of carbonyl (C=O) groups excluding carboxylic acids is 1. The second-order valence-corrected chi connectivity index (χ2v) is 12.4. The zero-order chi connectivity index (χ0) is 30.0. The molecule has 5 aromatic rings. The molecule has 1 heterocycles. The highest BCUT2D eigenvalue weighted by Crippen LogP contribution is 2.37. The molecule has 1 aromatic heterocycles. The molecule has 5 nitrogen and oxygen atoms in total. The number of halogens is 2. The van der Waals surface area contributed by atoms with Crippen molar-refractivity contribution in [1.82, 2.24) is 14.9 Å². The van der Waals surface area contributed by atoms with E-state index >= 15 is 4.39 Å². The maximum atomic E-state index is 15.9. The normalized spacial score (nSPS) is 15.7. The lowest BCUT2D eigenvalue weighted by atomic mass is 9.92. The largest absolute Gasteiger partial charge is 0.489 e. The van der Waals surface area contributed by atoms with Gasteiger partial charge >= 0.3 is 0 Å². The second-order valence-electron chi connectivity index (χ2n) is 12.0. The van der Waals surface area contributed by atoms with E-state index in [0.29, 0.717) is 33.8 Å². The number of nitrogens with zero attached hydrogens (tertiary/aromatic N) is 2. The number of amides is 1. The summed E-state index contributed by atoms with van der Waals surface area (Å²) in [5, 5.41) is 3.76. The summed E-state index contributed by atoms with van der Waals surface area (Å²) in [7, 11) is 0. The molecule has 7 heteroatoms. The Balaban J connectivity index is 1.17. The van der Waals surface area contributed by atoms with Crippen molar-refractivity contribution in [2.75, 3.05) is 0 Å². The number of rotatable bonds is 8. The Bertz CT molecular complexity index is 1810. The summed E-state index contributed by atoms with van der Waals surface area (Å²) < 4.78 is 24.3. The molecule has 0 bridgehead atoms. The van der Waals surface area contributed by atoms with Gasteiger partial charge in [0.1, 0.15) is 24.0 Å². The molecule has 44 heavy (non-hydrogen) atoms. The van der Waals surface area contributed by atoms with Crippen LogP contribution in [0.3, 0.4) is 0 Å². The van der Waals surface area contributed by atoms with E-state index in [2.05, 4.69) is 16.0 Å². The number of aromatic nitrogens is 2. The van der Waals surface area contributed by atoms with E-state index in [-0.39, 0.29) is 24.4 Å². The molecular weight excluding hydrogens is 573 g/mol. The SMILES string of the molecule is O=C(NC1CCC1)c1ccc(-c2ccc(Cl)cc2)c(COc2ccc(-c3nc4ccccc4n3C3CCCCC3)c(F)c2)c1. The Morgan fingerprint density at radius 3 is 2.41 bits per heavy atom. The number of imidazole rings is 1. The van der Waals surface area contributed by atoms with E-state index in [1.54, 1.807) is 12.1 Å². The van der Waals surface area contributed by atoms with E-state index in [9.17, 15) is 4.79 Å². The monoisotopic (exact) mass is 607 g/mol. The molecule has 2 fully saturated rings. The Morgan fingerprint density at radius 1 is 0.886 bits per heavy atom. The first kappa shape index (κ1) is 28.6. The molecule has 0 spiro atoms. The van der Waals surface area contributed by atoms with Crippen LogP contribution in [0.5, 0.6) is 5.75 Å². The van der Waals surface area contributed by atoms with Gasteiger partial charge in [-0.25, -0.2) is 9.37 Å². The van der Waals surface area contributed by atoms with E-state index in [4.69, 9.17) is 21.3 Å². The van der Waals surface area contributed by atoms with Crippen molar-refractivity contribution < 1.29 is 13.9 Å². The lowest BCUT2D eigenvalue weighted by molar-refractivity contribution is 0.0917. The number of hydrogen-bond donors (Lipinski definition) is 1. The third kappa shape index (κ3) is 5.83. The summed E-state index contributed by atoms with van der Waals surface area (Å²) in [4.78, 5) is 17.8. The first-order chi connectivity index (χ1) is 21.5. The van der Waals surface area contributed by atoms with Gasteiger partial charge in [0, 0.05) is 28.7 Å². The lowest BCUT2D eigenvalue weighted by Crippen LogP contribution is -2.39. The number of fused-ring (bicyclic) bond motifs is 1. The fraction of sp³-hybridized carbons (Fsp3) is 0.297. The molecule has 0 aliphatic heterocycles. The van der Waals surface area contributed by atoms with Gasteiger partial charge in [-0.1, -0.05) is 61.2 Å². The molecule has 1 N–H and O–H groups in total. The predicted molar refractivity (Wildman–Crippen MR) is 174 cm³/mol. The third-order valence-electron chi connectivity index (χ3n) is 9.07. The van der Waals surface area contributed by atoms with Crippen molar-refractivity contribution >= 4 is 28.5 Å². The fourth-order valence-corrected chi connectivity index (χ4v) is 6.58. The lowest BCUT2D eigenvalue weighted by Gasteiger charge is -2.26. The van der Waals surface area contributed by atoms with Crippen LogP contribution in [-0.4, -0.2) is 21.5 Å². The average Bonchev–Trinajstić information content (AvgIpc) is 3.42. The molecule has 1 amide bonds. The molecule has 2 aliphatic carbocycles. The van der Waals surface area contributed by atoms with Crippen LogP contribution in [0, 0.1) is 5.82 Å². The standard InChI is InChI=1S/C37H35ClFN3O2/c38-27-16-13-24(14-17-27)31-19-15-25(37(43)40-28-7-6-8-28)21-26(31)23-44-30-18-20-32(33(39)22-30)36-41-34-11-4-5-12-35(34)42(36)29-9-2-1-3-10-29/h4-5,11-22,28-29H,1-3,6-10,23H2,(H,40,43). The first-order valence-electron chi connectivity index (χ1n) is 15.6. The Labute approximate surface area is 262 Å². The number of carbonyl (C=O) groups is 1. The van der Waals surface area contributed by atoms with Gasteiger partial charge in [-0.2, -0.15) is 0 Å². The third-order valence-corrected chi connectivity index (χ3v) is 9.33. The van der Waals surface area contributed by atoms with Crippen LogP contribution in [0.15, 0.2) is 84.9 Å². The minimum Gasteiger partial charge on any atom is -0.489 e. The minimum atomic E-state index is -0.374. The Kier molecular flexibility index (Phi) is 8.09. The van der Waals surface area contributed by atoms with Crippen LogP contribution in [0.25, 0.3) is 33.5 Å². The number of hydrogen-bond acceptors (Lipinski definition) is 3. The summed E-state index contributed by atoms with van der Waals surface area (Å²) in [6, 6.07) is 26.9. The van der Waals surface area contributed by atoms with Gasteiger partial charge in [-0.15, -0.1) is 0 Å². The number of para-hydroxylation sites is 2. The predicted octanol–water partition coefficient (Wildman–Crippen LogP) is 9.53. The van der Waals surface area contributed by atoms with Crippen LogP contribution in [0.2, 0.25) is 5.02 Å². The molecule has 0 unspecified atom stereocenters. The Hall–Kier alpha value is -4.16. The van der Waals surface area contributed by atoms with E-state index in [1.807, 2.05) is 60.7 Å². The molecule has 2 saturated carbocycles. The quantitative estimate of drug-likeness (QED) is 0.191. The molecule has 7 rings (SSSR count). The second kappa shape index (κ2) is 12.4.